The van der Waals surface area contributed by atoms with Crippen molar-refractivity contribution in [1.82, 2.24) is 25.3 Å². The summed E-state index contributed by atoms with van der Waals surface area (Å²) >= 11 is 6.60. The Morgan fingerprint density at radius 2 is 2.12 bits per heavy atom. The number of pyridine rings is 1. The zero-order valence-corrected chi connectivity index (χ0v) is 18.3. The van der Waals surface area contributed by atoms with Crippen LogP contribution in [0.25, 0.3) is 11.2 Å². The fraction of sp³-hybridized carbons (Fsp3) is 0.304. The molecule has 5 rings (SSSR count). The Kier molecular flexibility index (Phi) is 6.09. The second-order valence-electron chi connectivity index (χ2n) is 7.83. The lowest BCUT2D eigenvalue weighted by Gasteiger charge is -2.31. The Labute approximate surface area is 191 Å². The molecule has 2 aliphatic rings. The van der Waals surface area contributed by atoms with Crippen LogP contribution in [0.2, 0.25) is 5.02 Å². The number of fused-ring (bicyclic) bond motifs is 1. The molecule has 0 spiro atoms. The number of halogens is 1. The van der Waals surface area contributed by atoms with E-state index in [0.717, 1.165) is 49.5 Å². The molecule has 0 radical (unpaired) electrons. The topological polar surface area (TPSA) is 101 Å². The molecule has 0 bridgehead atoms. The minimum Gasteiger partial charge on any atom is -0.426 e. The number of aromatic nitrogens is 3. The predicted molar refractivity (Wildman–Crippen MR) is 123 cm³/mol. The molecular weight excluding hydrogens is 428 g/mol. The highest BCUT2D eigenvalue weighted by Gasteiger charge is 2.21. The fourth-order valence-electron chi connectivity index (χ4n) is 4.03. The summed E-state index contributed by atoms with van der Waals surface area (Å²) in [4.78, 5) is 14.8. The highest BCUT2D eigenvalue weighted by molar-refractivity contribution is 6.31. The number of morpholine rings is 1. The van der Waals surface area contributed by atoms with Crippen LogP contribution < -0.4 is 16.0 Å². The van der Waals surface area contributed by atoms with Crippen LogP contribution >= 0.6 is 11.6 Å². The van der Waals surface area contributed by atoms with Gasteiger partial charge in [-0.2, -0.15) is 4.98 Å². The van der Waals surface area contributed by atoms with Crippen molar-refractivity contribution in [2.24, 2.45) is 5.84 Å². The number of nitrogens with one attached hydrogen (secondary N) is 2. The molecule has 3 aromatic rings. The van der Waals surface area contributed by atoms with Gasteiger partial charge in [-0.25, -0.2) is 4.98 Å². The summed E-state index contributed by atoms with van der Waals surface area (Å²) in [6, 6.07) is 9.88. The molecule has 0 saturated carbocycles. The van der Waals surface area contributed by atoms with Gasteiger partial charge in [0.1, 0.15) is 5.75 Å². The van der Waals surface area contributed by atoms with E-state index < -0.39 is 0 Å². The molecule has 1 unspecified atom stereocenters. The van der Waals surface area contributed by atoms with Gasteiger partial charge in [-0.15, -0.1) is 0 Å². The molecular formula is C23H25ClN6O2. The second-order valence-corrected chi connectivity index (χ2v) is 8.24. The third-order valence-electron chi connectivity index (χ3n) is 5.66. The minimum atomic E-state index is 0.109. The molecule has 32 heavy (non-hydrogen) atoms. The molecule has 1 saturated heterocycles. The van der Waals surface area contributed by atoms with Gasteiger partial charge in [0.25, 0.3) is 0 Å². The third kappa shape index (κ3) is 4.49. The SMILES string of the molecule is NNCc1cccc(Oc2nc3nc(C4C=CC(N5CCOCC5)=CC4)c(Cl)cc3[nH]2)c1. The first-order valence-electron chi connectivity index (χ1n) is 10.7. The highest BCUT2D eigenvalue weighted by atomic mass is 35.5. The number of ether oxygens (including phenoxy) is 2. The molecule has 4 N–H and O–H groups in total. The van der Waals surface area contributed by atoms with E-state index in [1.165, 1.54) is 5.70 Å². The van der Waals surface area contributed by atoms with Gasteiger partial charge in [0.15, 0.2) is 5.65 Å². The first-order chi connectivity index (χ1) is 15.7. The Morgan fingerprint density at radius 3 is 2.91 bits per heavy atom. The highest BCUT2D eigenvalue weighted by Crippen LogP contribution is 2.33. The number of hydrogen-bond acceptors (Lipinski definition) is 7. The fourth-order valence-corrected chi connectivity index (χ4v) is 4.33. The summed E-state index contributed by atoms with van der Waals surface area (Å²) in [5.41, 5.74) is 7.03. The van der Waals surface area contributed by atoms with E-state index in [1.807, 2.05) is 30.3 Å². The number of hydrazine groups is 1. The molecule has 0 amide bonds. The van der Waals surface area contributed by atoms with Gasteiger partial charge >= 0.3 is 6.01 Å². The number of imidazole rings is 1. The van der Waals surface area contributed by atoms with Crippen LogP contribution in [0.3, 0.4) is 0 Å². The van der Waals surface area contributed by atoms with Crippen molar-refractivity contribution >= 4 is 22.8 Å². The lowest BCUT2D eigenvalue weighted by Crippen LogP contribution is -2.35. The maximum atomic E-state index is 6.60. The summed E-state index contributed by atoms with van der Waals surface area (Å²) in [6.45, 7) is 3.95. The predicted octanol–water partition coefficient (Wildman–Crippen LogP) is 3.63. The Balaban J connectivity index is 1.33. The summed E-state index contributed by atoms with van der Waals surface area (Å²) in [6.07, 6.45) is 7.42. The molecule has 166 valence electrons. The van der Waals surface area contributed by atoms with Gasteiger partial charge in [-0.1, -0.05) is 35.9 Å². The van der Waals surface area contributed by atoms with E-state index in [-0.39, 0.29) is 5.92 Å². The van der Waals surface area contributed by atoms with Gasteiger partial charge in [0, 0.05) is 31.2 Å². The average Bonchev–Trinajstić information content (AvgIpc) is 3.20. The quantitative estimate of drug-likeness (QED) is 0.387. The Bertz CT molecular complexity index is 1170. The van der Waals surface area contributed by atoms with E-state index in [2.05, 4.69) is 38.5 Å². The standard InChI is InChI=1S/C23H25ClN6O2/c24-19-13-20-22(29-23(27-20)32-18-3-1-2-15(12-18)14-26-25)28-21(19)16-4-6-17(7-5-16)30-8-10-31-11-9-30/h1-4,6-7,12-13,16,26H,5,8-11,14,25H2,(H,27,28,29). The molecule has 1 atom stereocenters. The van der Waals surface area contributed by atoms with Gasteiger partial charge in [-0.05, 0) is 36.3 Å². The van der Waals surface area contributed by atoms with Crippen molar-refractivity contribution in [3.8, 4) is 11.8 Å². The smallest absolute Gasteiger partial charge is 0.301 e. The van der Waals surface area contributed by atoms with Crippen LogP contribution in [0.1, 0.15) is 23.6 Å². The number of hydrogen-bond donors (Lipinski definition) is 3. The number of rotatable bonds is 6. The Hall–Kier alpha value is -2.91. The molecule has 9 heteroatoms. The largest absolute Gasteiger partial charge is 0.426 e. The normalized spacial score (nSPS) is 18.8. The third-order valence-corrected chi connectivity index (χ3v) is 5.96. The molecule has 1 aliphatic carbocycles. The summed E-state index contributed by atoms with van der Waals surface area (Å²) in [5.74, 6) is 6.18. The molecule has 8 nitrogen and oxygen atoms in total. The lowest BCUT2D eigenvalue weighted by atomic mass is 9.95. The van der Waals surface area contributed by atoms with E-state index in [1.54, 1.807) is 0 Å². The van der Waals surface area contributed by atoms with Gasteiger partial charge in [0.2, 0.25) is 0 Å². The number of aromatic amines is 1. The monoisotopic (exact) mass is 452 g/mol. The molecule has 1 aromatic carbocycles. The van der Waals surface area contributed by atoms with Crippen LogP contribution in [0.4, 0.5) is 0 Å². The van der Waals surface area contributed by atoms with Crippen molar-refractivity contribution < 1.29 is 9.47 Å². The summed E-state index contributed by atoms with van der Waals surface area (Å²) in [5, 5.41) is 0.613. The number of nitrogens with zero attached hydrogens (tertiary/aromatic N) is 3. The summed E-state index contributed by atoms with van der Waals surface area (Å²) in [7, 11) is 0. The van der Waals surface area contributed by atoms with Crippen LogP contribution in [-0.2, 0) is 11.3 Å². The van der Waals surface area contributed by atoms with E-state index in [4.69, 9.17) is 31.9 Å². The van der Waals surface area contributed by atoms with Crippen LogP contribution in [0.5, 0.6) is 11.8 Å². The number of nitrogens with two attached hydrogens (primary N) is 1. The van der Waals surface area contributed by atoms with Crippen LogP contribution in [0.15, 0.2) is 54.3 Å². The van der Waals surface area contributed by atoms with Crippen molar-refractivity contribution in [1.29, 1.82) is 0 Å². The van der Waals surface area contributed by atoms with Gasteiger partial charge in [-0.3, -0.25) is 11.3 Å². The van der Waals surface area contributed by atoms with Gasteiger partial charge < -0.3 is 19.4 Å². The molecule has 3 heterocycles. The maximum Gasteiger partial charge on any atom is 0.301 e. The number of allylic oxidation sites excluding steroid dienone is 3. The maximum absolute atomic E-state index is 6.60. The van der Waals surface area contributed by atoms with E-state index >= 15 is 0 Å². The van der Waals surface area contributed by atoms with E-state index in [0.29, 0.717) is 29.0 Å². The van der Waals surface area contributed by atoms with Crippen LogP contribution in [-0.4, -0.2) is 46.2 Å². The number of benzene rings is 1. The van der Waals surface area contributed by atoms with Crippen LogP contribution in [0, 0.1) is 0 Å². The van der Waals surface area contributed by atoms with Gasteiger partial charge in [0.05, 0.1) is 29.4 Å². The van der Waals surface area contributed by atoms with E-state index in [9.17, 15) is 0 Å². The molecule has 1 fully saturated rings. The summed E-state index contributed by atoms with van der Waals surface area (Å²) < 4.78 is 11.3. The van der Waals surface area contributed by atoms with Crippen molar-refractivity contribution in [3.05, 3.63) is 70.5 Å². The second kappa shape index (κ2) is 9.30. The first-order valence-corrected chi connectivity index (χ1v) is 11.0. The zero-order chi connectivity index (χ0) is 21.9. The van der Waals surface area contributed by atoms with Crippen molar-refractivity contribution in [2.75, 3.05) is 26.3 Å². The zero-order valence-electron chi connectivity index (χ0n) is 17.6. The van der Waals surface area contributed by atoms with Crippen molar-refractivity contribution in [3.63, 3.8) is 0 Å². The lowest BCUT2D eigenvalue weighted by molar-refractivity contribution is 0.0551. The molecule has 2 aromatic heterocycles. The average molecular weight is 453 g/mol. The first kappa shape index (κ1) is 21.0. The Morgan fingerprint density at radius 1 is 1.25 bits per heavy atom. The molecule has 1 aliphatic heterocycles. The minimum absolute atomic E-state index is 0.109. The van der Waals surface area contributed by atoms with Crippen molar-refractivity contribution in [2.45, 2.75) is 18.9 Å². The number of H-pyrrole nitrogens is 1.